The Hall–Kier alpha value is -3.81. The van der Waals surface area contributed by atoms with Gasteiger partial charge in [0.2, 0.25) is 0 Å². The summed E-state index contributed by atoms with van der Waals surface area (Å²) in [6, 6.07) is 11.8. The van der Waals surface area contributed by atoms with E-state index in [-0.39, 0.29) is 5.56 Å². The number of halogens is 2. The molecule has 3 aromatic rings. The molecule has 8 heteroatoms. The molecule has 0 radical (unpaired) electrons. The molecule has 1 N–H and O–H groups in total. The van der Waals surface area contributed by atoms with Crippen LogP contribution in [0.1, 0.15) is 39.8 Å². The highest BCUT2D eigenvalue weighted by Gasteiger charge is 2.49. The number of ketones is 1. The minimum atomic E-state index is -1.61. The standard InChI is InChI=1S/C25H23F2N3O3/c1-14-5-8-18(9-6-14)30-15(2)11-19(16(30)3)22(31)13-29-23(32)25(4,28-24(29)33)17-7-10-20(26)21(27)12-17/h5-12H,13H2,1-4H3,(H,28,33). The van der Waals surface area contributed by atoms with E-state index in [4.69, 9.17) is 0 Å². The average molecular weight is 451 g/mol. The van der Waals surface area contributed by atoms with Crippen LogP contribution < -0.4 is 5.32 Å². The number of hydrogen-bond donors (Lipinski definition) is 1. The predicted octanol–water partition coefficient (Wildman–Crippen LogP) is 4.33. The molecule has 33 heavy (non-hydrogen) atoms. The van der Waals surface area contributed by atoms with E-state index in [0.29, 0.717) is 11.3 Å². The number of amides is 3. The zero-order valence-electron chi connectivity index (χ0n) is 18.7. The van der Waals surface area contributed by atoms with Gasteiger partial charge in [0.05, 0.1) is 6.54 Å². The number of carbonyl (C=O) groups excluding carboxylic acids is 3. The van der Waals surface area contributed by atoms with E-state index in [1.54, 1.807) is 13.0 Å². The molecule has 0 aliphatic carbocycles. The Kier molecular flexibility index (Phi) is 5.40. The molecule has 1 fully saturated rings. The van der Waals surface area contributed by atoms with Crippen molar-refractivity contribution < 1.29 is 23.2 Å². The number of hydrogen-bond acceptors (Lipinski definition) is 3. The van der Waals surface area contributed by atoms with E-state index in [9.17, 15) is 23.2 Å². The summed E-state index contributed by atoms with van der Waals surface area (Å²) in [6.07, 6.45) is 0. The molecule has 1 aliphatic rings. The highest BCUT2D eigenvalue weighted by Crippen LogP contribution is 2.30. The van der Waals surface area contributed by atoms with E-state index in [0.717, 1.165) is 34.0 Å². The molecule has 1 unspecified atom stereocenters. The van der Waals surface area contributed by atoms with Crippen LogP contribution in [0.25, 0.3) is 5.69 Å². The van der Waals surface area contributed by atoms with Crippen molar-refractivity contribution in [3.63, 3.8) is 0 Å². The lowest BCUT2D eigenvalue weighted by Gasteiger charge is -2.22. The monoisotopic (exact) mass is 451 g/mol. The molecule has 1 aromatic heterocycles. The van der Waals surface area contributed by atoms with Gasteiger partial charge in [-0.2, -0.15) is 0 Å². The first kappa shape index (κ1) is 22.4. The van der Waals surface area contributed by atoms with Crippen LogP contribution in [0.4, 0.5) is 13.6 Å². The summed E-state index contributed by atoms with van der Waals surface area (Å²) in [6.45, 7) is 6.59. The van der Waals surface area contributed by atoms with Crippen LogP contribution in [0.5, 0.6) is 0 Å². The SMILES string of the molecule is Cc1ccc(-n2c(C)cc(C(=O)CN3C(=O)NC(C)(c4ccc(F)c(F)c4)C3=O)c2C)cc1. The van der Waals surface area contributed by atoms with Crippen LogP contribution in [0.15, 0.2) is 48.5 Å². The van der Waals surface area contributed by atoms with Gasteiger partial charge >= 0.3 is 6.03 Å². The Morgan fingerprint density at radius 2 is 1.64 bits per heavy atom. The van der Waals surface area contributed by atoms with Crippen LogP contribution in [0, 0.1) is 32.4 Å². The van der Waals surface area contributed by atoms with Crippen molar-refractivity contribution in [2.75, 3.05) is 6.54 Å². The Morgan fingerprint density at radius 3 is 2.27 bits per heavy atom. The minimum Gasteiger partial charge on any atom is -0.319 e. The summed E-state index contributed by atoms with van der Waals surface area (Å²) in [5.74, 6) is -3.30. The lowest BCUT2D eigenvalue weighted by Crippen LogP contribution is -2.41. The first-order chi connectivity index (χ1) is 15.5. The topological polar surface area (TPSA) is 71.4 Å². The molecule has 0 bridgehead atoms. The zero-order valence-corrected chi connectivity index (χ0v) is 18.7. The summed E-state index contributed by atoms with van der Waals surface area (Å²) < 4.78 is 29.0. The Labute approximate surface area is 189 Å². The number of aryl methyl sites for hydroxylation is 2. The minimum absolute atomic E-state index is 0.0900. The number of imide groups is 1. The maximum absolute atomic E-state index is 13.7. The predicted molar refractivity (Wildman–Crippen MR) is 118 cm³/mol. The van der Waals surface area contributed by atoms with Crippen LogP contribution in [0.3, 0.4) is 0 Å². The molecule has 1 saturated heterocycles. The van der Waals surface area contributed by atoms with Crippen molar-refractivity contribution >= 4 is 17.7 Å². The van der Waals surface area contributed by atoms with Gasteiger partial charge in [-0.1, -0.05) is 23.8 Å². The second-order valence-electron chi connectivity index (χ2n) is 8.45. The number of rotatable bonds is 5. The summed E-state index contributed by atoms with van der Waals surface area (Å²) in [4.78, 5) is 39.6. The fourth-order valence-corrected chi connectivity index (χ4v) is 4.21. The lowest BCUT2D eigenvalue weighted by molar-refractivity contribution is -0.130. The number of urea groups is 1. The molecular formula is C25H23F2N3O3. The largest absolute Gasteiger partial charge is 0.325 e. The number of nitrogens with zero attached hydrogens (tertiary/aromatic N) is 2. The molecule has 1 aliphatic heterocycles. The maximum Gasteiger partial charge on any atom is 0.325 e. The van der Waals surface area contributed by atoms with E-state index < -0.39 is 41.4 Å². The van der Waals surface area contributed by atoms with E-state index in [1.807, 2.05) is 42.7 Å². The number of benzene rings is 2. The Balaban J connectivity index is 1.61. The number of Topliss-reactive ketones (excluding diaryl/α,β-unsaturated/α-hetero) is 1. The van der Waals surface area contributed by atoms with Gasteiger partial charge in [-0.05, 0) is 63.6 Å². The fourth-order valence-electron chi connectivity index (χ4n) is 4.21. The Bertz CT molecular complexity index is 1300. The van der Waals surface area contributed by atoms with Gasteiger partial charge < -0.3 is 9.88 Å². The van der Waals surface area contributed by atoms with Gasteiger partial charge in [0.25, 0.3) is 5.91 Å². The smallest absolute Gasteiger partial charge is 0.319 e. The normalized spacial score (nSPS) is 18.1. The van der Waals surface area contributed by atoms with E-state index in [2.05, 4.69) is 5.32 Å². The molecule has 0 spiro atoms. The van der Waals surface area contributed by atoms with Crippen LogP contribution >= 0.6 is 0 Å². The zero-order chi connectivity index (χ0) is 24.1. The molecular weight excluding hydrogens is 428 g/mol. The van der Waals surface area contributed by atoms with Crippen LogP contribution in [0.2, 0.25) is 0 Å². The number of aromatic nitrogens is 1. The second kappa shape index (κ2) is 7.95. The van der Waals surface area contributed by atoms with Gasteiger partial charge in [0.1, 0.15) is 5.54 Å². The molecule has 2 heterocycles. The van der Waals surface area contributed by atoms with Crippen molar-refractivity contribution in [3.05, 3.63) is 88.2 Å². The van der Waals surface area contributed by atoms with E-state index >= 15 is 0 Å². The third kappa shape index (κ3) is 3.71. The van der Waals surface area contributed by atoms with Gasteiger partial charge in [-0.15, -0.1) is 0 Å². The Morgan fingerprint density at radius 1 is 0.970 bits per heavy atom. The van der Waals surface area contributed by atoms with Crippen LogP contribution in [-0.2, 0) is 10.3 Å². The van der Waals surface area contributed by atoms with E-state index in [1.165, 1.54) is 13.0 Å². The van der Waals surface area contributed by atoms with Gasteiger partial charge in [-0.3, -0.25) is 14.5 Å². The summed E-state index contributed by atoms with van der Waals surface area (Å²) in [5, 5.41) is 2.50. The summed E-state index contributed by atoms with van der Waals surface area (Å²) in [5.41, 5.74) is 2.42. The van der Waals surface area contributed by atoms with Gasteiger partial charge in [0.15, 0.2) is 17.4 Å². The molecule has 2 aromatic carbocycles. The molecule has 6 nitrogen and oxygen atoms in total. The van der Waals surface area contributed by atoms with Gasteiger partial charge in [-0.25, -0.2) is 13.6 Å². The first-order valence-electron chi connectivity index (χ1n) is 10.4. The first-order valence-corrected chi connectivity index (χ1v) is 10.4. The summed E-state index contributed by atoms with van der Waals surface area (Å²) in [7, 11) is 0. The fraction of sp³-hybridized carbons (Fsp3) is 0.240. The van der Waals surface area contributed by atoms with Crippen molar-refractivity contribution in [2.24, 2.45) is 0 Å². The molecule has 4 rings (SSSR count). The molecule has 0 saturated carbocycles. The second-order valence-corrected chi connectivity index (χ2v) is 8.45. The lowest BCUT2D eigenvalue weighted by atomic mass is 9.92. The van der Waals surface area contributed by atoms with Crippen molar-refractivity contribution in [2.45, 2.75) is 33.2 Å². The molecule has 170 valence electrons. The third-order valence-electron chi connectivity index (χ3n) is 6.10. The number of carbonyl (C=O) groups is 3. The highest BCUT2D eigenvalue weighted by molar-refractivity contribution is 6.11. The highest BCUT2D eigenvalue weighted by atomic mass is 19.2. The quantitative estimate of drug-likeness (QED) is 0.464. The van der Waals surface area contributed by atoms with Crippen molar-refractivity contribution in [1.29, 1.82) is 0 Å². The van der Waals surface area contributed by atoms with Gasteiger partial charge in [0, 0.05) is 22.6 Å². The van der Waals surface area contributed by atoms with Crippen LogP contribution in [-0.4, -0.2) is 33.7 Å². The number of nitrogens with one attached hydrogen (secondary N) is 1. The van der Waals surface area contributed by atoms with Crippen molar-refractivity contribution in [3.8, 4) is 5.69 Å². The third-order valence-corrected chi connectivity index (χ3v) is 6.10. The summed E-state index contributed by atoms with van der Waals surface area (Å²) >= 11 is 0. The van der Waals surface area contributed by atoms with Crippen molar-refractivity contribution in [1.82, 2.24) is 14.8 Å². The molecule has 3 amide bonds. The average Bonchev–Trinajstić information content (AvgIpc) is 3.18. The molecule has 1 atom stereocenters. The maximum atomic E-state index is 13.7.